The van der Waals surface area contributed by atoms with Crippen LogP contribution in [0.4, 0.5) is 10.1 Å². The number of para-hydroxylation sites is 1. The number of amides is 2. The quantitative estimate of drug-likeness (QED) is 0.411. The summed E-state index contributed by atoms with van der Waals surface area (Å²) in [7, 11) is 0. The lowest BCUT2D eigenvalue weighted by molar-refractivity contribution is -0.127. The van der Waals surface area contributed by atoms with E-state index < -0.39 is 23.7 Å². The van der Waals surface area contributed by atoms with Crippen molar-refractivity contribution in [3.63, 3.8) is 0 Å². The zero-order valence-corrected chi connectivity index (χ0v) is 20.1. The minimum absolute atomic E-state index is 0.0148. The van der Waals surface area contributed by atoms with E-state index in [2.05, 4.69) is 15.6 Å². The summed E-state index contributed by atoms with van der Waals surface area (Å²) < 4.78 is 16.7. The van der Waals surface area contributed by atoms with Crippen LogP contribution in [-0.4, -0.2) is 32.9 Å². The van der Waals surface area contributed by atoms with Crippen molar-refractivity contribution in [3.05, 3.63) is 89.7 Å². The summed E-state index contributed by atoms with van der Waals surface area (Å²) in [5.74, 6) is -1.34. The Hall–Kier alpha value is -4.07. The third kappa shape index (κ3) is 4.84. The molecule has 0 spiro atoms. The van der Waals surface area contributed by atoms with Gasteiger partial charge in [0.15, 0.2) is 0 Å². The fourth-order valence-corrected chi connectivity index (χ4v) is 4.83. The maximum absolute atomic E-state index is 15.2. The number of aromatic nitrogens is 3. The first-order chi connectivity index (χ1) is 17.5. The maximum Gasteiger partial charge on any atom is 0.249 e. The number of nitrogens with zero attached hydrogens (tertiary/aromatic N) is 4. The molecule has 0 bridgehead atoms. The average molecular weight is 486 g/mol. The van der Waals surface area contributed by atoms with Crippen molar-refractivity contribution < 1.29 is 14.0 Å². The summed E-state index contributed by atoms with van der Waals surface area (Å²) in [6.07, 6.45) is 3.82. The fourth-order valence-electron chi connectivity index (χ4n) is 4.83. The van der Waals surface area contributed by atoms with Crippen molar-refractivity contribution in [1.29, 1.82) is 0 Å². The third-order valence-electron chi connectivity index (χ3n) is 6.69. The molecule has 1 saturated carbocycles. The Morgan fingerprint density at radius 3 is 2.47 bits per heavy atom. The molecule has 1 N–H and O–H groups in total. The van der Waals surface area contributed by atoms with Crippen LogP contribution in [0.1, 0.15) is 42.9 Å². The van der Waals surface area contributed by atoms with E-state index in [4.69, 9.17) is 0 Å². The molecule has 0 saturated heterocycles. The standard InChI is InChI=1S/C28H28FN5O2/c1-19-14-16-21(17-15-19)34(26(35)18-33-25-13-7-6-12-24(25)31-32-33)27(22-10-4-5-11-23(22)29)28(36)30-20-8-2-3-9-20/h4-7,10-17,20,27H,2-3,8-9,18H2,1H3,(H,30,36). The summed E-state index contributed by atoms with van der Waals surface area (Å²) in [4.78, 5) is 29.1. The first kappa shape index (κ1) is 23.7. The molecule has 0 aliphatic heterocycles. The zero-order chi connectivity index (χ0) is 25.1. The van der Waals surface area contributed by atoms with Crippen molar-refractivity contribution in [3.8, 4) is 0 Å². The lowest BCUT2D eigenvalue weighted by Crippen LogP contribution is -2.47. The number of carbonyl (C=O) groups is 2. The Labute approximate surface area is 208 Å². The van der Waals surface area contributed by atoms with E-state index in [9.17, 15) is 9.59 Å². The van der Waals surface area contributed by atoms with Crippen LogP contribution in [0.3, 0.4) is 0 Å². The van der Waals surface area contributed by atoms with Crippen LogP contribution < -0.4 is 10.2 Å². The Bertz CT molecular complexity index is 1380. The number of anilines is 1. The predicted molar refractivity (Wildman–Crippen MR) is 136 cm³/mol. The third-order valence-corrected chi connectivity index (χ3v) is 6.69. The van der Waals surface area contributed by atoms with Gasteiger partial charge in [0, 0.05) is 17.3 Å². The molecule has 4 aromatic rings. The molecular weight excluding hydrogens is 457 g/mol. The summed E-state index contributed by atoms with van der Waals surface area (Å²) in [5.41, 5.74) is 3.02. The molecule has 1 atom stereocenters. The second kappa shape index (κ2) is 10.3. The largest absolute Gasteiger partial charge is 0.351 e. The summed E-state index contributed by atoms with van der Waals surface area (Å²) in [6.45, 7) is 1.79. The highest BCUT2D eigenvalue weighted by Gasteiger charge is 2.36. The van der Waals surface area contributed by atoms with Crippen molar-refractivity contribution >= 4 is 28.5 Å². The van der Waals surface area contributed by atoms with Crippen LogP contribution in [0, 0.1) is 12.7 Å². The monoisotopic (exact) mass is 485 g/mol. The van der Waals surface area contributed by atoms with Crippen LogP contribution >= 0.6 is 0 Å². The molecular formula is C28H28FN5O2. The topological polar surface area (TPSA) is 80.1 Å². The van der Waals surface area contributed by atoms with Crippen molar-refractivity contribution in [2.75, 3.05) is 4.90 Å². The number of carbonyl (C=O) groups excluding carboxylic acids is 2. The lowest BCUT2D eigenvalue weighted by Gasteiger charge is -2.32. The normalized spacial score (nSPS) is 14.6. The van der Waals surface area contributed by atoms with Crippen molar-refractivity contribution in [2.45, 2.75) is 51.2 Å². The number of nitrogens with one attached hydrogen (secondary N) is 1. The van der Waals surface area contributed by atoms with Crippen LogP contribution in [0.25, 0.3) is 11.0 Å². The van der Waals surface area contributed by atoms with Gasteiger partial charge in [0.2, 0.25) is 11.8 Å². The number of benzene rings is 3. The molecule has 184 valence electrons. The second-order valence-electron chi connectivity index (χ2n) is 9.25. The van der Waals surface area contributed by atoms with E-state index in [0.717, 1.165) is 31.2 Å². The number of halogens is 1. The minimum Gasteiger partial charge on any atom is -0.351 e. The van der Waals surface area contributed by atoms with Gasteiger partial charge < -0.3 is 5.32 Å². The molecule has 1 unspecified atom stereocenters. The molecule has 36 heavy (non-hydrogen) atoms. The van der Waals surface area contributed by atoms with Crippen molar-refractivity contribution in [1.82, 2.24) is 20.3 Å². The Balaban J connectivity index is 1.58. The highest BCUT2D eigenvalue weighted by Crippen LogP contribution is 2.31. The number of aryl methyl sites for hydroxylation is 1. The molecule has 0 radical (unpaired) electrons. The van der Waals surface area contributed by atoms with Gasteiger partial charge in [-0.05, 0) is 50.1 Å². The molecule has 1 heterocycles. The van der Waals surface area contributed by atoms with E-state index in [-0.39, 0.29) is 18.2 Å². The SMILES string of the molecule is Cc1ccc(N(C(=O)Cn2nnc3ccccc32)C(C(=O)NC2CCCC2)c2ccccc2F)cc1. The first-order valence-electron chi connectivity index (χ1n) is 12.2. The second-order valence-corrected chi connectivity index (χ2v) is 9.25. The van der Waals surface area contributed by atoms with Crippen LogP contribution in [0.2, 0.25) is 0 Å². The Morgan fingerprint density at radius 2 is 1.72 bits per heavy atom. The molecule has 1 aliphatic rings. The lowest BCUT2D eigenvalue weighted by atomic mass is 10.0. The van der Waals surface area contributed by atoms with Gasteiger partial charge in [0.25, 0.3) is 0 Å². The van der Waals surface area contributed by atoms with Gasteiger partial charge in [0.05, 0.1) is 5.52 Å². The van der Waals surface area contributed by atoms with E-state index in [0.29, 0.717) is 16.7 Å². The molecule has 1 aromatic heterocycles. The Morgan fingerprint density at radius 1 is 1.03 bits per heavy atom. The summed E-state index contributed by atoms with van der Waals surface area (Å²) in [6, 6.07) is 19.6. The number of hydrogen-bond donors (Lipinski definition) is 1. The average Bonchev–Trinajstić information content (AvgIpc) is 3.54. The van der Waals surface area contributed by atoms with Gasteiger partial charge in [-0.2, -0.15) is 0 Å². The smallest absolute Gasteiger partial charge is 0.249 e. The summed E-state index contributed by atoms with van der Waals surface area (Å²) >= 11 is 0. The molecule has 8 heteroatoms. The summed E-state index contributed by atoms with van der Waals surface area (Å²) in [5, 5.41) is 11.4. The molecule has 2 amide bonds. The van der Waals surface area contributed by atoms with E-state index >= 15 is 4.39 Å². The van der Waals surface area contributed by atoms with Gasteiger partial charge in [-0.1, -0.05) is 66.1 Å². The van der Waals surface area contributed by atoms with Gasteiger partial charge in [-0.25, -0.2) is 9.07 Å². The fraction of sp³-hybridized carbons (Fsp3) is 0.286. The van der Waals surface area contributed by atoms with E-state index in [1.165, 1.54) is 15.6 Å². The van der Waals surface area contributed by atoms with Crippen LogP contribution in [-0.2, 0) is 16.1 Å². The maximum atomic E-state index is 15.2. The van der Waals surface area contributed by atoms with Crippen LogP contribution in [0.5, 0.6) is 0 Å². The molecule has 5 rings (SSSR count). The van der Waals surface area contributed by atoms with Gasteiger partial charge in [0.1, 0.15) is 23.9 Å². The molecule has 3 aromatic carbocycles. The highest BCUT2D eigenvalue weighted by atomic mass is 19.1. The molecule has 1 fully saturated rings. The number of fused-ring (bicyclic) bond motifs is 1. The first-order valence-corrected chi connectivity index (χ1v) is 12.2. The Kier molecular flexibility index (Phi) is 6.75. The number of hydrogen-bond acceptors (Lipinski definition) is 4. The van der Waals surface area contributed by atoms with Gasteiger partial charge in [-0.3, -0.25) is 14.5 Å². The predicted octanol–water partition coefficient (Wildman–Crippen LogP) is 4.71. The van der Waals surface area contributed by atoms with E-state index in [1.807, 2.05) is 43.3 Å². The van der Waals surface area contributed by atoms with E-state index in [1.54, 1.807) is 30.3 Å². The molecule has 1 aliphatic carbocycles. The zero-order valence-electron chi connectivity index (χ0n) is 20.1. The minimum atomic E-state index is -1.18. The number of rotatable bonds is 7. The van der Waals surface area contributed by atoms with Gasteiger partial charge >= 0.3 is 0 Å². The van der Waals surface area contributed by atoms with Crippen molar-refractivity contribution in [2.24, 2.45) is 0 Å². The highest BCUT2D eigenvalue weighted by molar-refractivity contribution is 6.01. The van der Waals surface area contributed by atoms with Gasteiger partial charge in [-0.15, -0.1) is 5.10 Å². The van der Waals surface area contributed by atoms with Crippen LogP contribution in [0.15, 0.2) is 72.8 Å². The molecule has 7 nitrogen and oxygen atoms in total.